The number of nitrogens with zero attached hydrogens (tertiary/aromatic N) is 1. The molecule has 0 saturated carbocycles. The Morgan fingerprint density at radius 3 is 2.50 bits per heavy atom. The summed E-state index contributed by atoms with van der Waals surface area (Å²) in [6.45, 7) is 1.52. The molecule has 0 unspecified atom stereocenters. The molecule has 2 aromatic rings. The smallest absolute Gasteiger partial charge is 0.545 e. The average molecular weight is 372 g/mol. The van der Waals surface area contributed by atoms with E-state index in [9.17, 15) is 14.7 Å². The van der Waals surface area contributed by atoms with Crippen LogP contribution in [0.25, 0.3) is 0 Å². The van der Waals surface area contributed by atoms with E-state index in [1.54, 1.807) is 18.2 Å². The van der Waals surface area contributed by atoms with E-state index in [4.69, 9.17) is 5.73 Å². The number of aryl methyl sites for hydroxylation is 1. The predicted octanol–water partition coefficient (Wildman–Crippen LogP) is -1.64. The number of carbonyl (C=O) groups excluding carboxylic acids is 2. The molecular weight excluding hydrogens is 361 g/mol. The summed E-state index contributed by atoms with van der Waals surface area (Å²) in [6, 6.07) is 8.38. The number of nitrogens with one attached hydrogen (secondary N) is 1. The molecule has 3 N–H and O–H groups in total. The van der Waals surface area contributed by atoms with Gasteiger partial charge >= 0.3 is 29.6 Å². The number of benzene rings is 1. The summed E-state index contributed by atoms with van der Waals surface area (Å²) in [5.41, 5.74) is 6.01. The van der Waals surface area contributed by atoms with Crippen LogP contribution in [0.3, 0.4) is 0 Å². The van der Waals surface area contributed by atoms with Gasteiger partial charge in [-0.15, -0.1) is 0 Å². The second kappa shape index (κ2) is 7.73. The first-order valence-electron chi connectivity index (χ1n) is 5.94. The Morgan fingerprint density at radius 1 is 1.27 bits per heavy atom. The number of hydrogen-bond acceptors (Lipinski definition) is 5. The molecule has 0 fully saturated rings. The number of rotatable bonds is 4. The molecule has 22 heavy (non-hydrogen) atoms. The first-order chi connectivity index (χ1) is 9.88. The van der Waals surface area contributed by atoms with E-state index in [-0.39, 0.29) is 52.2 Å². The molecule has 1 amide bonds. The third-order valence-corrected chi connectivity index (χ3v) is 3.28. The number of amides is 1. The standard InChI is InChI=1S/C14H12BrN3O3.Na/c1-7-10(14(20)21)6-11(12(16)19)13(17-7)18-9-4-2-3-8(15)5-9;/h2-6H,1H3,(H2,16,19)(H,17,18)(H,20,21);/q;+1/p-1. The number of primary amides is 1. The molecular formula is C14H11BrN3NaO3. The molecule has 0 aliphatic heterocycles. The van der Waals surface area contributed by atoms with Crippen molar-refractivity contribution < 1.29 is 44.3 Å². The Morgan fingerprint density at radius 2 is 1.95 bits per heavy atom. The zero-order chi connectivity index (χ0) is 15.6. The minimum absolute atomic E-state index is 0. The number of aromatic carboxylic acids is 1. The van der Waals surface area contributed by atoms with E-state index in [0.29, 0.717) is 5.69 Å². The molecule has 0 aliphatic carbocycles. The minimum Gasteiger partial charge on any atom is -0.545 e. The number of hydrogen-bond donors (Lipinski definition) is 2. The van der Waals surface area contributed by atoms with Crippen LogP contribution in [0.5, 0.6) is 0 Å². The van der Waals surface area contributed by atoms with Crippen LogP contribution in [0.1, 0.15) is 26.4 Å². The Bertz CT molecular complexity index is 737. The van der Waals surface area contributed by atoms with Gasteiger partial charge in [0.2, 0.25) is 0 Å². The fourth-order valence-corrected chi connectivity index (χ4v) is 2.20. The van der Waals surface area contributed by atoms with Crippen LogP contribution in [-0.2, 0) is 0 Å². The molecule has 8 heteroatoms. The van der Waals surface area contributed by atoms with Crippen molar-refractivity contribution in [3.8, 4) is 0 Å². The van der Waals surface area contributed by atoms with Crippen LogP contribution in [0.15, 0.2) is 34.8 Å². The van der Waals surface area contributed by atoms with Crippen molar-refractivity contribution in [3.05, 3.63) is 51.6 Å². The summed E-state index contributed by atoms with van der Waals surface area (Å²) in [5, 5.41) is 13.9. The second-order valence-electron chi connectivity index (χ2n) is 4.30. The van der Waals surface area contributed by atoms with Gasteiger partial charge in [0.05, 0.1) is 11.5 Å². The zero-order valence-corrected chi connectivity index (χ0v) is 15.6. The number of pyridine rings is 1. The fraction of sp³-hybridized carbons (Fsp3) is 0.0714. The number of aromatic nitrogens is 1. The minimum atomic E-state index is -1.41. The molecule has 2 rings (SSSR count). The summed E-state index contributed by atoms with van der Waals surface area (Å²) < 4.78 is 0.844. The number of carbonyl (C=O) groups is 2. The van der Waals surface area contributed by atoms with Gasteiger partial charge in [0.1, 0.15) is 5.82 Å². The summed E-state index contributed by atoms with van der Waals surface area (Å²) >= 11 is 3.33. The van der Waals surface area contributed by atoms with Gasteiger partial charge in [-0.3, -0.25) is 4.79 Å². The van der Waals surface area contributed by atoms with Crippen LogP contribution < -0.4 is 45.7 Å². The topological polar surface area (TPSA) is 108 Å². The molecule has 0 spiro atoms. The number of carboxylic acid groups (broad SMARTS) is 1. The normalized spacial score (nSPS) is 9.73. The van der Waals surface area contributed by atoms with Crippen LogP contribution >= 0.6 is 15.9 Å². The van der Waals surface area contributed by atoms with E-state index >= 15 is 0 Å². The molecule has 108 valence electrons. The van der Waals surface area contributed by atoms with Gasteiger partial charge in [-0.25, -0.2) is 4.98 Å². The van der Waals surface area contributed by atoms with E-state index in [1.807, 2.05) is 6.07 Å². The van der Waals surface area contributed by atoms with Crippen molar-refractivity contribution in [1.29, 1.82) is 0 Å². The SMILES string of the molecule is Cc1nc(Nc2cccc(Br)c2)c(C(N)=O)cc1C(=O)[O-].[Na+]. The Hall–Kier alpha value is -1.41. The largest absolute Gasteiger partial charge is 1.00 e. The van der Waals surface area contributed by atoms with Gasteiger partial charge < -0.3 is 21.0 Å². The molecule has 0 radical (unpaired) electrons. The Kier molecular flexibility index (Phi) is 6.55. The summed E-state index contributed by atoms with van der Waals surface area (Å²) in [7, 11) is 0. The van der Waals surface area contributed by atoms with E-state index in [2.05, 4.69) is 26.2 Å². The predicted molar refractivity (Wildman–Crippen MR) is 79.2 cm³/mol. The molecule has 1 heterocycles. The fourth-order valence-electron chi connectivity index (χ4n) is 1.80. The average Bonchev–Trinajstić information content (AvgIpc) is 2.37. The van der Waals surface area contributed by atoms with Crippen molar-refractivity contribution in [2.75, 3.05) is 5.32 Å². The van der Waals surface area contributed by atoms with Gasteiger partial charge in [-0.1, -0.05) is 22.0 Å². The van der Waals surface area contributed by atoms with Gasteiger partial charge in [-0.05, 0) is 31.2 Å². The molecule has 0 aliphatic rings. The van der Waals surface area contributed by atoms with Crippen LogP contribution in [0, 0.1) is 6.92 Å². The monoisotopic (exact) mass is 371 g/mol. The Balaban J connectivity index is 0.00000242. The number of anilines is 2. The molecule has 0 atom stereocenters. The molecule has 6 nitrogen and oxygen atoms in total. The molecule has 1 aromatic heterocycles. The zero-order valence-electron chi connectivity index (χ0n) is 12.0. The van der Waals surface area contributed by atoms with Crippen LogP contribution in [0.2, 0.25) is 0 Å². The number of halogens is 1. The maximum absolute atomic E-state index is 11.5. The molecule has 0 bridgehead atoms. The van der Waals surface area contributed by atoms with Crippen molar-refractivity contribution in [1.82, 2.24) is 4.98 Å². The van der Waals surface area contributed by atoms with Gasteiger partial charge in [-0.2, -0.15) is 0 Å². The van der Waals surface area contributed by atoms with Crippen molar-refractivity contribution in [2.45, 2.75) is 6.92 Å². The quantitative estimate of drug-likeness (QED) is 0.627. The summed E-state index contributed by atoms with van der Waals surface area (Å²) in [4.78, 5) is 26.6. The summed E-state index contributed by atoms with van der Waals surface area (Å²) in [6.07, 6.45) is 0. The van der Waals surface area contributed by atoms with Gasteiger partial charge in [0.25, 0.3) is 5.91 Å². The first kappa shape index (κ1) is 18.6. The first-order valence-corrected chi connectivity index (χ1v) is 6.73. The van der Waals surface area contributed by atoms with Crippen LogP contribution in [-0.4, -0.2) is 16.9 Å². The van der Waals surface area contributed by atoms with Gasteiger partial charge in [0, 0.05) is 21.4 Å². The molecule has 0 saturated heterocycles. The van der Waals surface area contributed by atoms with E-state index in [1.165, 1.54) is 13.0 Å². The third-order valence-electron chi connectivity index (χ3n) is 2.79. The van der Waals surface area contributed by atoms with Crippen LogP contribution in [0.4, 0.5) is 11.5 Å². The van der Waals surface area contributed by atoms with Crippen molar-refractivity contribution in [2.24, 2.45) is 5.73 Å². The third kappa shape index (κ3) is 4.30. The summed E-state index contributed by atoms with van der Waals surface area (Å²) in [5.74, 6) is -1.98. The second-order valence-corrected chi connectivity index (χ2v) is 5.22. The Labute approximate surface area is 157 Å². The van der Waals surface area contributed by atoms with Crippen molar-refractivity contribution >= 4 is 39.3 Å². The van der Waals surface area contributed by atoms with E-state index < -0.39 is 11.9 Å². The van der Waals surface area contributed by atoms with Crippen molar-refractivity contribution in [3.63, 3.8) is 0 Å². The maximum atomic E-state index is 11.5. The van der Waals surface area contributed by atoms with Gasteiger partial charge in [0.15, 0.2) is 0 Å². The number of nitrogens with two attached hydrogens (primary N) is 1. The van der Waals surface area contributed by atoms with E-state index in [0.717, 1.165) is 4.47 Å². The molecule has 1 aromatic carbocycles. The number of carboxylic acids is 1. The maximum Gasteiger partial charge on any atom is 1.00 e.